The molecule has 0 fully saturated rings. The van der Waals surface area contributed by atoms with Crippen molar-refractivity contribution in [2.75, 3.05) is 0 Å². The van der Waals surface area contributed by atoms with Gasteiger partial charge in [-0.25, -0.2) is 4.79 Å². The molecule has 2 nitrogen and oxygen atoms in total. The van der Waals surface area contributed by atoms with Crippen LogP contribution in [0.1, 0.15) is 24.1 Å². The molecular weight excluding hydrogens is 257 g/mol. The number of carbonyl (C=O) groups excluding carboxylic acids is 1. The van der Waals surface area contributed by atoms with Crippen LogP contribution in [-0.4, -0.2) is 12.3 Å². The van der Waals surface area contributed by atoms with E-state index in [1.807, 2.05) is 0 Å². The average Bonchev–Trinajstić information content (AvgIpc) is 2.28. The standard InChI is InChI=1S/C11H8F5NO/c1-7(17-6-18)8-2-4-9(5-3-8)10(12,13)11(14,15)16/h2-5,7H,1H3. The minimum Gasteiger partial charge on any atom is -0.211 e. The van der Waals surface area contributed by atoms with Crippen LogP contribution < -0.4 is 0 Å². The molecule has 0 heterocycles. The summed E-state index contributed by atoms with van der Waals surface area (Å²) in [5.41, 5.74) is -0.805. The number of halogens is 5. The Kier molecular flexibility index (Phi) is 3.86. The Labute approximate surface area is 99.1 Å². The van der Waals surface area contributed by atoms with Gasteiger partial charge in [-0.1, -0.05) is 24.3 Å². The first kappa shape index (κ1) is 14.3. The van der Waals surface area contributed by atoms with Crippen molar-refractivity contribution in [2.45, 2.75) is 25.1 Å². The van der Waals surface area contributed by atoms with Gasteiger partial charge in [-0.05, 0) is 12.5 Å². The van der Waals surface area contributed by atoms with Crippen molar-refractivity contribution in [2.24, 2.45) is 4.99 Å². The third-order valence-corrected chi connectivity index (χ3v) is 2.36. The van der Waals surface area contributed by atoms with Gasteiger partial charge in [0.25, 0.3) is 0 Å². The third-order valence-electron chi connectivity index (χ3n) is 2.36. The largest absolute Gasteiger partial charge is 0.458 e. The Morgan fingerprint density at radius 1 is 1.11 bits per heavy atom. The van der Waals surface area contributed by atoms with Gasteiger partial charge >= 0.3 is 12.1 Å². The molecule has 0 spiro atoms. The molecular formula is C11H8F5NO. The van der Waals surface area contributed by atoms with E-state index in [0.717, 1.165) is 12.1 Å². The summed E-state index contributed by atoms with van der Waals surface area (Å²) in [6, 6.07) is 2.83. The van der Waals surface area contributed by atoms with Crippen LogP contribution in [0.25, 0.3) is 0 Å². The highest BCUT2D eigenvalue weighted by atomic mass is 19.4. The first-order valence-corrected chi connectivity index (χ1v) is 4.82. The zero-order chi connectivity index (χ0) is 14.0. The topological polar surface area (TPSA) is 29.4 Å². The molecule has 0 bridgehead atoms. The molecule has 7 heteroatoms. The molecule has 0 radical (unpaired) electrons. The molecule has 1 unspecified atom stereocenters. The van der Waals surface area contributed by atoms with Gasteiger partial charge in [-0.2, -0.15) is 26.9 Å². The van der Waals surface area contributed by atoms with Gasteiger partial charge in [0.2, 0.25) is 6.08 Å². The predicted octanol–water partition coefficient (Wildman–Crippen LogP) is 3.74. The second-order valence-corrected chi connectivity index (χ2v) is 3.59. The van der Waals surface area contributed by atoms with Gasteiger partial charge < -0.3 is 0 Å². The number of isocyanates is 1. The van der Waals surface area contributed by atoms with E-state index in [2.05, 4.69) is 4.99 Å². The van der Waals surface area contributed by atoms with E-state index < -0.39 is 23.7 Å². The quantitative estimate of drug-likeness (QED) is 0.465. The second kappa shape index (κ2) is 4.86. The van der Waals surface area contributed by atoms with Gasteiger partial charge in [0.05, 0.1) is 6.04 Å². The van der Waals surface area contributed by atoms with Crippen LogP contribution in [0.2, 0.25) is 0 Å². The van der Waals surface area contributed by atoms with Crippen molar-refractivity contribution in [3.8, 4) is 0 Å². The summed E-state index contributed by atoms with van der Waals surface area (Å²) in [6.45, 7) is 1.49. The van der Waals surface area contributed by atoms with Gasteiger partial charge in [-0.3, -0.25) is 0 Å². The van der Waals surface area contributed by atoms with Gasteiger partial charge in [-0.15, -0.1) is 0 Å². The summed E-state index contributed by atoms with van der Waals surface area (Å²) in [5, 5.41) is 0. The second-order valence-electron chi connectivity index (χ2n) is 3.59. The summed E-state index contributed by atoms with van der Waals surface area (Å²) in [6.07, 6.45) is -4.36. The number of aliphatic imine (C=N–C) groups is 1. The van der Waals surface area contributed by atoms with Crippen molar-refractivity contribution < 1.29 is 26.7 Å². The Bertz CT molecular complexity index is 459. The fourth-order valence-electron chi connectivity index (χ4n) is 1.29. The molecule has 0 saturated carbocycles. The fraction of sp³-hybridized carbons (Fsp3) is 0.364. The van der Waals surface area contributed by atoms with Gasteiger partial charge in [0.1, 0.15) is 0 Å². The molecule has 0 aromatic heterocycles. The van der Waals surface area contributed by atoms with Crippen LogP contribution in [0.5, 0.6) is 0 Å². The van der Waals surface area contributed by atoms with Crippen molar-refractivity contribution >= 4 is 6.08 Å². The lowest BCUT2D eigenvalue weighted by Crippen LogP contribution is -2.33. The Hall–Kier alpha value is -1.75. The lowest BCUT2D eigenvalue weighted by molar-refractivity contribution is -0.289. The van der Waals surface area contributed by atoms with E-state index in [4.69, 9.17) is 0 Å². The van der Waals surface area contributed by atoms with Crippen LogP contribution in [0.15, 0.2) is 29.3 Å². The van der Waals surface area contributed by atoms with Crippen molar-refractivity contribution in [3.05, 3.63) is 35.4 Å². The summed E-state index contributed by atoms with van der Waals surface area (Å²) in [4.78, 5) is 13.3. The minimum absolute atomic E-state index is 0.347. The zero-order valence-corrected chi connectivity index (χ0v) is 9.13. The van der Waals surface area contributed by atoms with E-state index in [1.54, 1.807) is 0 Å². The number of nitrogens with zero attached hydrogens (tertiary/aromatic N) is 1. The van der Waals surface area contributed by atoms with Crippen LogP contribution >= 0.6 is 0 Å². The highest BCUT2D eigenvalue weighted by Crippen LogP contribution is 2.43. The van der Waals surface area contributed by atoms with Crippen LogP contribution in [0, 0.1) is 0 Å². The first-order valence-electron chi connectivity index (χ1n) is 4.82. The van der Waals surface area contributed by atoms with E-state index in [1.165, 1.54) is 13.0 Å². The number of hydrogen-bond donors (Lipinski definition) is 0. The summed E-state index contributed by atoms with van der Waals surface area (Å²) in [5.74, 6) is -4.90. The molecule has 0 N–H and O–H groups in total. The molecule has 0 aliphatic heterocycles. The molecule has 1 rings (SSSR count). The summed E-state index contributed by atoms with van der Waals surface area (Å²) < 4.78 is 62.1. The molecule has 0 aliphatic carbocycles. The van der Waals surface area contributed by atoms with E-state index in [0.29, 0.717) is 17.7 Å². The number of hydrogen-bond acceptors (Lipinski definition) is 2. The normalized spacial score (nSPS) is 13.9. The maximum absolute atomic E-state index is 12.9. The van der Waals surface area contributed by atoms with Crippen LogP contribution in [-0.2, 0) is 10.7 Å². The number of alkyl halides is 5. The maximum Gasteiger partial charge on any atom is 0.458 e. The molecule has 1 atom stereocenters. The molecule has 0 saturated heterocycles. The maximum atomic E-state index is 12.9. The minimum atomic E-state index is -5.64. The van der Waals surface area contributed by atoms with Crippen LogP contribution in [0.4, 0.5) is 22.0 Å². The number of benzene rings is 1. The molecule has 1 aromatic rings. The third kappa shape index (κ3) is 2.73. The van der Waals surface area contributed by atoms with Crippen LogP contribution in [0.3, 0.4) is 0 Å². The zero-order valence-electron chi connectivity index (χ0n) is 9.13. The average molecular weight is 265 g/mol. The molecule has 0 amide bonds. The Balaban J connectivity index is 3.07. The predicted molar refractivity (Wildman–Crippen MR) is 52.9 cm³/mol. The Morgan fingerprint density at radius 3 is 2.00 bits per heavy atom. The SMILES string of the molecule is CC(N=C=O)c1ccc(C(F)(F)C(F)(F)F)cc1. The number of rotatable bonds is 3. The van der Waals surface area contributed by atoms with E-state index in [9.17, 15) is 26.7 Å². The van der Waals surface area contributed by atoms with Crippen molar-refractivity contribution in [1.82, 2.24) is 0 Å². The monoisotopic (exact) mass is 265 g/mol. The molecule has 18 heavy (non-hydrogen) atoms. The molecule has 0 aliphatic rings. The van der Waals surface area contributed by atoms with Gasteiger partial charge in [0, 0.05) is 5.56 Å². The highest BCUT2D eigenvalue weighted by Gasteiger charge is 2.58. The lowest BCUT2D eigenvalue weighted by Gasteiger charge is -2.20. The van der Waals surface area contributed by atoms with Crippen molar-refractivity contribution in [1.29, 1.82) is 0 Å². The molecule has 1 aromatic carbocycles. The smallest absolute Gasteiger partial charge is 0.211 e. The first-order chi connectivity index (χ1) is 8.20. The fourth-order valence-corrected chi connectivity index (χ4v) is 1.29. The highest BCUT2D eigenvalue weighted by molar-refractivity contribution is 5.36. The lowest BCUT2D eigenvalue weighted by atomic mass is 10.0. The van der Waals surface area contributed by atoms with Crippen molar-refractivity contribution in [3.63, 3.8) is 0 Å². The van der Waals surface area contributed by atoms with E-state index in [-0.39, 0.29) is 0 Å². The molecule has 98 valence electrons. The van der Waals surface area contributed by atoms with Gasteiger partial charge in [0.15, 0.2) is 0 Å². The Morgan fingerprint density at radius 2 is 1.61 bits per heavy atom. The van der Waals surface area contributed by atoms with E-state index >= 15 is 0 Å². The summed E-state index contributed by atoms with van der Waals surface area (Å²) in [7, 11) is 0. The summed E-state index contributed by atoms with van der Waals surface area (Å²) >= 11 is 0.